The molecule has 0 unspecified atom stereocenters. The normalized spacial score (nSPS) is 13.9. The molecular formula is C23H23N3O4. The number of para-hydroxylation sites is 2. The zero-order valence-corrected chi connectivity index (χ0v) is 16.4. The van der Waals surface area contributed by atoms with E-state index >= 15 is 0 Å². The number of ether oxygens (including phenoxy) is 1. The summed E-state index contributed by atoms with van der Waals surface area (Å²) in [6.07, 6.45) is 4.18. The number of carbonyl (C=O) groups is 3. The minimum atomic E-state index is -0.617. The van der Waals surface area contributed by atoms with Gasteiger partial charge < -0.3 is 20.4 Å². The van der Waals surface area contributed by atoms with E-state index in [1.807, 2.05) is 24.3 Å². The van der Waals surface area contributed by atoms with Crippen molar-refractivity contribution < 1.29 is 19.1 Å². The van der Waals surface area contributed by atoms with Crippen molar-refractivity contribution in [2.24, 2.45) is 0 Å². The lowest BCUT2D eigenvalue weighted by Crippen LogP contribution is -2.33. The van der Waals surface area contributed by atoms with Crippen LogP contribution in [0.1, 0.15) is 46.5 Å². The maximum atomic E-state index is 12.6. The lowest BCUT2D eigenvalue weighted by molar-refractivity contribution is -0.119. The summed E-state index contributed by atoms with van der Waals surface area (Å²) in [5, 5.41) is 6.56. The van der Waals surface area contributed by atoms with Crippen molar-refractivity contribution in [3.05, 3.63) is 65.9 Å². The van der Waals surface area contributed by atoms with Crippen molar-refractivity contribution in [1.82, 2.24) is 10.3 Å². The number of carbonyl (C=O) groups excluding carboxylic acids is 3. The third-order valence-electron chi connectivity index (χ3n) is 5.22. The topological polar surface area (TPSA) is 100 Å². The standard InChI is InChI=1S/C23H23N3O4/c27-21(14-30-23(29)20-13-15-7-1-5-11-18(15)25-20)26-19-12-6-4-10-17(19)22(28)24-16-8-2-3-9-16/h1,4-7,10-13,16,25H,2-3,8-9,14H2,(H,24,28)(H,26,27). The fourth-order valence-electron chi connectivity index (χ4n) is 3.70. The second-order valence-corrected chi connectivity index (χ2v) is 7.39. The van der Waals surface area contributed by atoms with Crippen LogP contribution in [-0.2, 0) is 9.53 Å². The van der Waals surface area contributed by atoms with Crippen molar-refractivity contribution >= 4 is 34.4 Å². The number of aromatic amines is 1. The van der Waals surface area contributed by atoms with Crippen LogP contribution >= 0.6 is 0 Å². The summed E-state index contributed by atoms with van der Waals surface area (Å²) in [6, 6.07) is 16.1. The quantitative estimate of drug-likeness (QED) is 0.545. The van der Waals surface area contributed by atoms with Gasteiger partial charge in [-0.2, -0.15) is 0 Å². The molecule has 0 spiro atoms. The first-order valence-corrected chi connectivity index (χ1v) is 10.0. The molecule has 0 aliphatic heterocycles. The van der Waals surface area contributed by atoms with Crippen LogP contribution in [0.3, 0.4) is 0 Å². The molecule has 1 aliphatic rings. The second-order valence-electron chi connectivity index (χ2n) is 7.39. The summed E-state index contributed by atoms with van der Waals surface area (Å²) in [7, 11) is 0. The van der Waals surface area contributed by atoms with Gasteiger partial charge in [0.15, 0.2) is 6.61 Å². The monoisotopic (exact) mass is 405 g/mol. The molecule has 0 radical (unpaired) electrons. The van der Waals surface area contributed by atoms with Crippen molar-refractivity contribution in [2.75, 3.05) is 11.9 Å². The number of hydrogen-bond donors (Lipinski definition) is 3. The molecule has 1 aliphatic carbocycles. The van der Waals surface area contributed by atoms with Gasteiger partial charge >= 0.3 is 5.97 Å². The number of anilines is 1. The number of fused-ring (bicyclic) bond motifs is 1. The Hall–Kier alpha value is -3.61. The average molecular weight is 405 g/mol. The molecular weight excluding hydrogens is 382 g/mol. The summed E-state index contributed by atoms with van der Waals surface area (Å²) < 4.78 is 5.12. The van der Waals surface area contributed by atoms with E-state index in [9.17, 15) is 14.4 Å². The van der Waals surface area contributed by atoms with Crippen molar-refractivity contribution in [3.8, 4) is 0 Å². The molecule has 4 rings (SSSR count). The molecule has 7 nitrogen and oxygen atoms in total. The van der Waals surface area contributed by atoms with E-state index < -0.39 is 18.5 Å². The minimum absolute atomic E-state index is 0.179. The molecule has 0 saturated heterocycles. The van der Waals surface area contributed by atoms with Crippen LogP contribution in [0.15, 0.2) is 54.6 Å². The summed E-state index contributed by atoms with van der Waals surface area (Å²) in [5.74, 6) is -1.35. The molecule has 3 N–H and O–H groups in total. The first-order valence-electron chi connectivity index (χ1n) is 10.0. The van der Waals surface area contributed by atoms with Gasteiger partial charge in [-0.15, -0.1) is 0 Å². The van der Waals surface area contributed by atoms with Crippen LogP contribution in [0, 0.1) is 0 Å². The summed E-state index contributed by atoms with van der Waals surface area (Å²) in [4.78, 5) is 40.1. The molecule has 2 amide bonds. The average Bonchev–Trinajstić information content (AvgIpc) is 3.42. The van der Waals surface area contributed by atoms with Gasteiger partial charge in [0.25, 0.3) is 11.8 Å². The van der Waals surface area contributed by atoms with Gasteiger partial charge in [-0.25, -0.2) is 4.79 Å². The molecule has 1 fully saturated rings. The van der Waals surface area contributed by atoms with Gasteiger partial charge in [0.05, 0.1) is 11.3 Å². The zero-order chi connectivity index (χ0) is 20.9. The van der Waals surface area contributed by atoms with Gasteiger partial charge in [-0.05, 0) is 37.1 Å². The Balaban J connectivity index is 1.35. The lowest BCUT2D eigenvalue weighted by Gasteiger charge is -2.15. The third kappa shape index (κ3) is 4.51. The fourth-order valence-corrected chi connectivity index (χ4v) is 3.70. The number of benzene rings is 2. The Morgan fingerprint density at radius 1 is 1.00 bits per heavy atom. The molecule has 154 valence electrons. The first-order chi connectivity index (χ1) is 14.6. The number of aromatic nitrogens is 1. The molecule has 0 bridgehead atoms. The van der Waals surface area contributed by atoms with E-state index in [-0.39, 0.29) is 17.6 Å². The smallest absolute Gasteiger partial charge is 0.355 e. The number of nitrogens with one attached hydrogen (secondary N) is 3. The number of esters is 1. The SMILES string of the molecule is O=C(COC(=O)c1cc2ccccc2[nH]1)Nc1ccccc1C(=O)NC1CCCC1. The lowest BCUT2D eigenvalue weighted by atomic mass is 10.1. The highest BCUT2D eigenvalue weighted by atomic mass is 16.5. The van der Waals surface area contributed by atoms with Crippen molar-refractivity contribution in [3.63, 3.8) is 0 Å². The van der Waals surface area contributed by atoms with Crippen molar-refractivity contribution in [2.45, 2.75) is 31.7 Å². The van der Waals surface area contributed by atoms with Crippen LogP contribution in [0.2, 0.25) is 0 Å². The largest absolute Gasteiger partial charge is 0.451 e. The Bertz CT molecular complexity index is 1050. The molecule has 3 aromatic rings. The minimum Gasteiger partial charge on any atom is -0.451 e. The molecule has 2 aromatic carbocycles. The van der Waals surface area contributed by atoms with Crippen LogP contribution in [-0.4, -0.2) is 35.4 Å². The molecule has 1 aromatic heterocycles. The van der Waals surface area contributed by atoms with Gasteiger partial charge in [-0.3, -0.25) is 9.59 Å². The Kier molecular flexibility index (Phi) is 5.79. The highest BCUT2D eigenvalue weighted by Gasteiger charge is 2.20. The van der Waals surface area contributed by atoms with Gasteiger partial charge in [0, 0.05) is 16.9 Å². The van der Waals surface area contributed by atoms with E-state index in [1.54, 1.807) is 30.3 Å². The fraction of sp³-hybridized carbons (Fsp3) is 0.261. The van der Waals surface area contributed by atoms with E-state index in [2.05, 4.69) is 15.6 Å². The van der Waals surface area contributed by atoms with E-state index in [4.69, 9.17) is 4.74 Å². The zero-order valence-electron chi connectivity index (χ0n) is 16.4. The van der Waals surface area contributed by atoms with Crippen LogP contribution in [0.5, 0.6) is 0 Å². The van der Waals surface area contributed by atoms with Crippen LogP contribution in [0.4, 0.5) is 5.69 Å². The predicted octanol–water partition coefficient (Wildman–Crippen LogP) is 3.64. The first kappa shape index (κ1) is 19.7. The molecule has 0 atom stereocenters. The molecule has 7 heteroatoms. The van der Waals surface area contributed by atoms with E-state index in [0.29, 0.717) is 11.3 Å². The summed E-state index contributed by atoms with van der Waals surface area (Å²) in [6.45, 7) is -0.452. The Morgan fingerprint density at radius 2 is 1.73 bits per heavy atom. The van der Waals surface area contributed by atoms with Gasteiger partial charge in [0.2, 0.25) is 0 Å². The van der Waals surface area contributed by atoms with E-state index in [1.165, 1.54) is 0 Å². The third-order valence-corrected chi connectivity index (χ3v) is 5.22. The highest BCUT2D eigenvalue weighted by Crippen LogP contribution is 2.20. The summed E-state index contributed by atoms with van der Waals surface area (Å²) >= 11 is 0. The molecule has 1 heterocycles. The van der Waals surface area contributed by atoms with E-state index in [0.717, 1.165) is 36.6 Å². The number of H-pyrrole nitrogens is 1. The van der Waals surface area contributed by atoms with Crippen molar-refractivity contribution in [1.29, 1.82) is 0 Å². The Labute approximate surface area is 173 Å². The molecule has 1 saturated carbocycles. The van der Waals surface area contributed by atoms with Gasteiger partial charge in [0.1, 0.15) is 5.69 Å². The number of hydrogen-bond acceptors (Lipinski definition) is 4. The maximum absolute atomic E-state index is 12.6. The highest BCUT2D eigenvalue weighted by molar-refractivity contribution is 6.04. The maximum Gasteiger partial charge on any atom is 0.355 e. The number of rotatable bonds is 6. The molecule has 30 heavy (non-hydrogen) atoms. The van der Waals surface area contributed by atoms with Crippen LogP contribution in [0.25, 0.3) is 10.9 Å². The number of amides is 2. The van der Waals surface area contributed by atoms with Crippen LogP contribution < -0.4 is 10.6 Å². The summed E-state index contributed by atoms with van der Waals surface area (Å²) in [5.41, 5.74) is 1.87. The Morgan fingerprint density at radius 3 is 2.53 bits per heavy atom. The second kappa shape index (κ2) is 8.82. The van der Waals surface area contributed by atoms with Gasteiger partial charge in [-0.1, -0.05) is 43.2 Å². The predicted molar refractivity (Wildman–Crippen MR) is 113 cm³/mol.